The van der Waals surface area contributed by atoms with Crippen molar-refractivity contribution in [3.05, 3.63) is 28.2 Å². The fourth-order valence-corrected chi connectivity index (χ4v) is 1.52. The van der Waals surface area contributed by atoms with Crippen molar-refractivity contribution in [2.45, 2.75) is 6.42 Å². The van der Waals surface area contributed by atoms with Gasteiger partial charge in [0.05, 0.1) is 10.7 Å². The van der Waals surface area contributed by atoms with Gasteiger partial charge in [-0.05, 0) is 18.2 Å². The molecule has 0 saturated heterocycles. The average molecular weight is 253 g/mol. The molecule has 1 aromatic rings. The lowest BCUT2D eigenvalue weighted by molar-refractivity contribution is -0.115. The third-order valence-electron chi connectivity index (χ3n) is 1.53. The molecule has 0 heterocycles. The molecule has 0 atom stereocenters. The maximum atomic E-state index is 11.2. The number of carbonyl (C=O) groups excluding carboxylic acids is 1. The Bertz CT molecular complexity index is 341. The van der Waals surface area contributed by atoms with Gasteiger partial charge < -0.3 is 5.32 Å². The highest BCUT2D eigenvalue weighted by Crippen LogP contribution is 2.25. The largest absolute Gasteiger partial charge is 0.325 e. The van der Waals surface area contributed by atoms with Gasteiger partial charge in [0.1, 0.15) is 0 Å². The Morgan fingerprint density at radius 3 is 2.64 bits per heavy atom. The summed E-state index contributed by atoms with van der Waals surface area (Å²) in [4.78, 5) is 11.2. The summed E-state index contributed by atoms with van der Waals surface area (Å²) in [5.74, 6) is 0.126. The topological polar surface area (TPSA) is 29.1 Å². The highest BCUT2D eigenvalue weighted by molar-refractivity contribution is 6.36. The van der Waals surface area contributed by atoms with E-state index in [1.165, 1.54) is 0 Å². The molecule has 5 heteroatoms. The van der Waals surface area contributed by atoms with Crippen LogP contribution in [0.15, 0.2) is 18.2 Å². The van der Waals surface area contributed by atoms with Crippen molar-refractivity contribution in [2.24, 2.45) is 0 Å². The van der Waals surface area contributed by atoms with Gasteiger partial charge in [0.15, 0.2) is 0 Å². The van der Waals surface area contributed by atoms with Crippen molar-refractivity contribution in [1.29, 1.82) is 0 Å². The lowest BCUT2D eigenvalue weighted by Gasteiger charge is -2.05. The maximum Gasteiger partial charge on any atom is 0.225 e. The van der Waals surface area contributed by atoms with E-state index in [0.717, 1.165) is 0 Å². The van der Waals surface area contributed by atoms with Gasteiger partial charge in [0.25, 0.3) is 0 Å². The predicted octanol–water partition coefficient (Wildman–Crippen LogP) is 3.56. The quantitative estimate of drug-likeness (QED) is 0.819. The highest BCUT2D eigenvalue weighted by Gasteiger charge is 2.05. The lowest BCUT2D eigenvalue weighted by Crippen LogP contribution is -2.11. The van der Waals surface area contributed by atoms with E-state index in [1.807, 2.05) is 0 Å². The SMILES string of the molecule is O=C(CCCl)Nc1ccc(Cl)cc1Cl. The Labute approximate surface area is 97.1 Å². The number of carbonyl (C=O) groups is 1. The Hall–Kier alpha value is -0.440. The van der Waals surface area contributed by atoms with Crippen LogP contribution in [0.2, 0.25) is 10.0 Å². The smallest absolute Gasteiger partial charge is 0.225 e. The first-order chi connectivity index (χ1) is 6.63. The molecule has 1 rings (SSSR count). The van der Waals surface area contributed by atoms with Crippen LogP contribution in [-0.2, 0) is 4.79 Å². The van der Waals surface area contributed by atoms with Crippen LogP contribution < -0.4 is 5.32 Å². The summed E-state index contributed by atoms with van der Waals surface area (Å²) >= 11 is 17.0. The number of alkyl halides is 1. The Balaban J connectivity index is 2.72. The molecule has 0 aliphatic carbocycles. The second-order valence-corrected chi connectivity index (χ2v) is 3.83. The van der Waals surface area contributed by atoms with Gasteiger partial charge in [-0.15, -0.1) is 11.6 Å². The zero-order chi connectivity index (χ0) is 10.6. The predicted molar refractivity (Wildman–Crippen MR) is 60.4 cm³/mol. The fraction of sp³-hybridized carbons (Fsp3) is 0.222. The third kappa shape index (κ3) is 3.37. The number of amides is 1. The van der Waals surface area contributed by atoms with Gasteiger partial charge in [0, 0.05) is 17.3 Å². The third-order valence-corrected chi connectivity index (χ3v) is 2.26. The van der Waals surface area contributed by atoms with Gasteiger partial charge in [-0.1, -0.05) is 23.2 Å². The highest BCUT2D eigenvalue weighted by atomic mass is 35.5. The van der Waals surface area contributed by atoms with Crippen LogP contribution >= 0.6 is 34.8 Å². The van der Waals surface area contributed by atoms with Crippen LogP contribution in [0.25, 0.3) is 0 Å². The Morgan fingerprint density at radius 2 is 2.07 bits per heavy atom. The zero-order valence-electron chi connectivity index (χ0n) is 7.19. The molecule has 2 nitrogen and oxygen atoms in total. The molecule has 76 valence electrons. The number of anilines is 1. The number of halogens is 3. The minimum atomic E-state index is -0.163. The first-order valence-electron chi connectivity index (χ1n) is 3.94. The van der Waals surface area contributed by atoms with Crippen LogP contribution in [0.4, 0.5) is 5.69 Å². The van der Waals surface area contributed by atoms with E-state index in [1.54, 1.807) is 18.2 Å². The summed E-state index contributed by atoms with van der Waals surface area (Å²) in [5.41, 5.74) is 0.547. The number of hydrogen-bond donors (Lipinski definition) is 1. The first-order valence-corrected chi connectivity index (χ1v) is 5.23. The number of benzene rings is 1. The van der Waals surface area contributed by atoms with Crippen LogP contribution in [0.3, 0.4) is 0 Å². The van der Waals surface area contributed by atoms with Crippen molar-refractivity contribution >= 4 is 46.4 Å². The monoisotopic (exact) mass is 251 g/mol. The normalized spacial score (nSPS) is 9.93. The lowest BCUT2D eigenvalue weighted by atomic mass is 10.3. The van der Waals surface area contributed by atoms with Crippen molar-refractivity contribution in [1.82, 2.24) is 0 Å². The molecule has 0 aliphatic rings. The molecular formula is C9H8Cl3NO. The molecule has 0 aliphatic heterocycles. The summed E-state index contributed by atoms with van der Waals surface area (Å²) < 4.78 is 0. The van der Waals surface area contributed by atoms with E-state index in [-0.39, 0.29) is 18.2 Å². The molecule has 0 saturated carbocycles. The van der Waals surface area contributed by atoms with Crippen molar-refractivity contribution < 1.29 is 4.79 Å². The summed E-state index contributed by atoms with van der Waals surface area (Å²) in [7, 11) is 0. The van der Waals surface area contributed by atoms with Gasteiger partial charge in [0.2, 0.25) is 5.91 Å². The van der Waals surface area contributed by atoms with E-state index in [2.05, 4.69) is 5.32 Å². The summed E-state index contributed by atoms with van der Waals surface area (Å²) in [6, 6.07) is 4.87. The molecule has 0 spiro atoms. The van der Waals surface area contributed by atoms with Crippen molar-refractivity contribution in [3.8, 4) is 0 Å². The zero-order valence-corrected chi connectivity index (χ0v) is 9.46. The maximum absolute atomic E-state index is 11.2. The Kier molecular flexibility index (Phi) is 4.52. The molecule has 0 radical (unpaired) electrons. The Morgan fingerprint density at radius 1 is 1.36 bits per heavy atom. The van der Waals surface area contributed by atoms with Crippen LogP contribution in [-0.4, -0.2) is 11.8 Å². The van der Waals surface area contributed by atoms with Crippen LogP contribution in [0, 0.1) is 0 Å². The van der Waals surface area contributed by atoms with Gasteiger partial charge in [-0.25, -0.2) is 0 Å². The van der Waals surface area contributed by atoms with Gasteiger partial charge >= 0.3 is 0 Å². The molecule has 0 fully saturated rings. The second kappa shape index (κ2) is 5.44. The first kappa shape index (κ1) is 11.6. The average Bonchev–Trinajstić information content (AvgIpc) is 2.10. The molecule has 0 bridgehead atoms. The molecule has 0 aromatic heterocycles. The number of nitrogens with one attached hydrogen (secondary N) is 1. The molecule has 1 N–H and O–H groups in total. The van der Waals surface area contributed by atoms with E-state index in [0.29, 0.717) is 15.7 Å². The second-order valence-electron chi connectivity index (χ2n) is 2.61. The van der Waals surface area contributed by atoms with Gasteiger partial charge in [-0.3, -0.25) is 4.79 Å². The fourth-order valence-electron chi connectivity index (χ4n) is 0.889. The van der Waals surface area contributed by atoms with Gasteiger partial charge in [-0.2, -0.15) is 0 Å². The van der Waals surface area contributed by atoms with Crippen LogP contribution in [0.1, 0.15) is 6.42 Å². The minimum Gasteiger partial charge on any atom is -0.325 e. The van der Waals surface area contributed by atoms with Crippen molar-refractivity contribution in [3.63, 3.8) is 0 Å². The molecule has 0 unspecified atom stereocenters. The molecule has 1 aromatic carbocycles. The number of hydrogen-bond acceptors (Lipinski definition) is 1. The van der Waals surface area contributed by atoms with E-state index in [9.17, 15) is 4.79 Å². The van der Waals surface area contributed by atoms with E-state index < -0.39 is 0 Å². The minimum absolute atomic E-state index is 0.163. The van der Waals surface area contributed by atoms with E-state index >= 15 is 0 Å². The number of rotatable bonds is 3. The van der Waals surface area contributed by atoms with Crippen LogP contribution in [0.5, 0.6) is 0 Å². The molecule has 1 amide bonds. The summed E-state index contributed by atoms with van der Waals surface area (Å²) in [5, 5.41) is 3.57. The van der Waals surface area contributed by atoms with E-state index in [4.69, 9.17) is 34.8 Å². The summed E-state index contributed by atoms with van der Waals surface area (Å²) in [6.45, 7) is 0. The van der Waals surface area contributed by atoms with Crippen molar-refractivity contribution in [2.75, 3.05) is 11.2 Å². The standard InChI is InChI=1S/C9H8Cl3NO/c10-4-3-9(14)13-8-2-1-6(11)5-7(8)12/h1-2,5H,3-4H2,(H,13,14). The molecule has 14 heavy (non-hydrogen) atoms. The summed E-state index contributed by atoms with van der Waals surface area (Å²) in [6.07, 6.45) is 0.264. The molecular weight excluding hydrogens is 244 g/mol.